The fourth-order valence-electron chi connectivity index (χ4n) is 4.70. The summed E-state index contributed by atoms with van der Waals surface area (Å²) in [7, 11) is 0. The number of carbonyl (C=O) groups is 1. The zero-order chi connectivity index (χ0) is 17.6. The van der Waals surface area contributed by atoms with Gasteiger partial charge in [-0.25, -0.2) is 0 Å². The molecular weight excluding hydrogens is 308 g/mol. The van der Waals surface area contributed by atoms with Gasteiger partial charge in [-0.15, -0.1) is 0 Å². The Balaban J connectivity index is 1.50. The van der Waals surface area contributed by atoms with Gasteiger partial charge in [0.15, 0.2) is 0 Å². The first kappa shape index (κ1) is 18.5. The highest BCUT2D eigenvalue weighted by molar-refractivity contribution is 5.75. The number of esters is 1. The quantitative estimate of drug-likeness (QED) is 0.451. The van der Waals surface area contributed by atoms with Crippen molar-refractivity contribution < 1.29 is 9.53 Å². The van der Waals surface area contributed by atoms with E-state index in [0.717, 1.165) is 37.5 Å². The van der Waals surface area contributed by atoms with Crippen molar-refractivity contribution in [3.63, 3.8) is 0 Å². The van der Waals surface area contributed by atoms with Crippen molar-refractivity contribution in [2.75, 3.05) is 0 Å². The van der Waals surface area contributed by atoms with E-state index < -0.39 is 0 Å². The van der Waals surface area contributed by atoms with Crippen LogP contribution < -0.4 is 4.74 Å². The Bertz CT molecular complexity index is 532. The van der Waals surface area contributed by atoms with Crippen molar-refractivity contribution in [2.45, 2.75) is 84.0 Å². The predicted molar refractivity (Wildman–Crippen MR) is 103 cm³/mol. The Hall–Kier alpha value is -1.31. The van der Waals surface area contributed by atoms with Gasteiger partial charge in [0.2, 0.25) is 0 Å². The number of carbonyl (C=O) groups excluding carboxylic acids is 1. The number of ether oxygens (including phenoxy) is 1. The first-order valence-corrected chi connectivity index (χ1v) is 10.5. The molecule has 2 aliphatic rings. The van der Waals surface area contributed by atoms with Gasteiger partial charge in [0.1, 0.15) is 5.75 Å². The molecule has 2 nitrogen and oxygen atoms in total. The molecule has 0 amide bonds. The summed E-state index contributed by atoms with van der Waals surface area (Å²) in [6.07, 6.45) is 12.3. The van der Waals surface area contributed by atoms with Gasteiger partial charge < -0.3 is 4.74 Å². The second-order valence-corrected chi connectivity index (χ2v) is 8.45. The summed E-state index contributed by atoms with van der Waals surface area (Å²) in [6, 6.07) is 8.35. The zero-order valence-corrected chi connectivity index (χ0v) is 16.0. The molecule has 0 aromatic heterocycles. The van der Waals surface area contributed by atoms with Gasteiger partial charge in [-0.05, 0) is 86.8 Å². The van der Waals surface area contributed by atoms with Gasteiger partial charge >= 0.3 is 5.97 Å². The summed E-state index contributed by atoms with van der Waals surface area (Å²) in [4.78, 5) is 12.3. The average molecular weight is 343 g/mol. The number of benzene rings is 1. The summed E-state index contributed by atoms with van der Waals surface area (Å²) in [6.45, 7) is 4.57. The smallest absolute Gasteiger partial charge is 0.314 e. The Labute approximate surface area is 153 Å². The van der Waals surface area contributed by atoms with Crippen LogP contribution in [0.1, 0.15) is 89.5 Å². The molecule has 0 aliphatic heterocycles. The molecule has 2 saturated carbocycles. The maximum atomic E-state index is 12.3. The third kappa shape index (κ3) is 5.09. The zero-order valence-electron chi connectivity index (χ0n) is 16.0. The largest absolute Gasteiger partial charge is 0.426 e. The van der Waals surface area contributed by atoms with Crippen LogP contribution in [0, 0.1) is 17.8 Å². The first-order chi connectivity index (χ1) is 12.2. The minimum absolute atomic E-state index is 0.0280. The average Bonchev–Trinajstić information content (AvgIpc) is 2.64. The maximum absolute atomic E-state index is 12.3. The lowest BCUT2D eigenvalue weighted by atomic mass is 9.77. The fourth-order valence-corrected chi connectivity index (χ4v) is 4.70. The normalized spacial score (nSPS) is 30.0. The lowest BCUT2D eigenvalue weighted by Gasteiger charge is -2.28. The first-order valence-electron chi connectivity index (χ1n) is 10.5. The van der Waals surface area contributed by atoms with E-state index in [0.29, 0.717) is 11.7 Å². The molecule has 3 rings (SSSR count). The molecule has 2 heteroatoms. The second-order valence-electron chi connectivity index (χ2n) is 8.45. The molecular formula is C23H34O2. The van der Waals surface area contributed by atoms with Crippen molar-refractivity contribution in [3.8, 4) is 5.75 Å². The molecule has 1 aromatic rings. The molecule has 0 heterocycles. The van der Waals surface area contributed by atoms with Crippen molar-refractivity contribution in [3.05, 3.63) is 29.8 Å². The van der Waals surface area contributed by atoms with Crippen LogP contribution in [0.15, 0.2) is 24.3 Å². The monoisotopic (exact) mass is 342 g/mol. The molecule has 1 aromatic carbocycles. The van der Waals surface area contributed by atoms with Crippen LogP contribution in [0.3, 0.4) is 0 Å². The molecule has 0 radical (unpaired) electrons. The lowest BCUT2D eigenvalue weighted by molar-refractivity contribution is -0.140. The van der Waals surface area contributed by atoms with Gasteiger partial charge in [0, 0.05) is 0 Å². The Morgan fingerprint density at radius 1 is 0.960 bits per heavy atom. The van der Waals surface area contributed by atoms with Crippen LogP contribution in [0.2, 0.25) is 0 Å². The van der Waals surface area contributed by atoms with Crippen molar-refractivity contribution in [1.82, 2.24) is 0 Å². The minimum Gasteiger partial charge on any atom is -0.426 e. The second kappa shape index (κ2) is 8.87. The summed E-state index contributed by atoms with van der Waals surface area (Å²) < 4.78 is 5.64. The molecule has 138 valence electrons. The van der Waals surface area contributed by atoms with Crippen molar-refractivity contribution in [2.24, 2.45) is 17.8 Å². The lowest BCUT2D eigenvalue weighted by Crippen LogP contribution is -2.24. The van der Waals surface area contributed by atoms with E-state index >= 15 is 0 Å². The molecule has 0 atom stereocenters. The van der Waals surface area contributed by atoms with Crippen molar-refractivity contribution >= 4 is 5.97 Å². The van der Waals surface area contributed by atoms with E-state index in [1.54, 1.807) is 0 Å². The summed E-state index contributed by atoms with van der Waals surface area (Å²) in [5, 5.41) is 0. The Morgan fingerprint density at radius 3 is 2.20 bits per heavy atom. The molecule has 25 heavy (non-hydrogen) atoms. The maximum Gasteiger partial charge on any atom is 0.314 e. The molecule has 0 N–H and O–H groups in total. The van der Waals surface area contributed by atoms with Gasteiger partial charge in [-0.3, -0.25) is 4.79 Å². The molecule has 2 fully saturated rings. The fraction of sp³-hybridized carbons (Fsp3) is 0.696. The highest BCUT2D eigenvalue weighted by atomic mass is 16.5. The van der Waals surface area contributed by atoms with Gasteiger partial charge in [-0.2, -0.15) is 0 Å². The van der Waals surface area contributed by atoms with Gasteiger partial charge in [0.05, 0.1) is 5.92 Å². The van der Waals surface area contributed by atoms with Crippen LogP contribution >= 0.6 is 0 Å². The van der Waals surface area contributed by atoms with E-state index in [1.807, 2.05) is 12.1 Å². The van der Waals surface area contributed by atoms with Crippen molar-refractivity contribution in [1.29, 1.82) is 0 Å². The van der Waals surface area contributed by atoms with E-state index in [2.05, 4.69) is 26.0 Å². The highest BCUT2D eigenvalue weighted by Gasteiger charge is 2.26. The Kier molecular flexibility index (Phi) is 6.56. The molecule has 0 saturated heterocycles. The van der Waals surface area contributed by atoms with E-state index in [-0.39, 0.29) is 11.9 Å². The van der Waals surface area contributed by atoms with Crippen LogP contribution in [-0.4, -0.2) is 5.97 Å². The van der Waals surface area contributed by atoms with Crippen LogP contribution in [-0.2, 0) is 4.79 Å². The SMILES string of the molecule is CCCC1CCC(c2ccc(OC(=O)C3CCC(C)CC3)cc2)CC1. The molecule has 2 aliphatic carbocycles. The Morgan fingerprint density at radius 2 is 1.60 bits per heavy atom. The molecule has 0 spiro atoms. The number of hydrogen-bond acceptors (Lipinski definition) is 2. The number of rotatable bonds is 5. The third-order valence-corrected chi connectivity index (χ3v) is 6.46. The summed E-state index contributed by atoms with van der Waals surface area (Å²) in [5.74, 6) is 3.18. The van der Waals surface area contributed by atoms with Crippen LogP contribution in [0.4, 0.5) is 0 Å². The van der Waals surface area contributed by atoms with Gasteiger partial charge in [-0.1, -0.05) is 38.8 Å². The van der Waals surface area contributed by atoms with E-state index in [4.69, 9.17) is 4.74 Å². The highest BCUT2D eigenvalue weighted by Crippen LogP contribution is 2.38. The summed E-state index contributed by atoms with van der Waals surface area (Å²) >= 11 is 0. The van der Waals surface area contributed by atoms with E-state index in [1.165, 1.54) is 44.1 Å². The molecule has 0 unspecified atom stereocenters. The van der Waals surface area contributed by atoms with Crippen LogP contribution in [0.5, 0.6) is 5.75 Å². The van der Waals surface area contributed by atoms with Crippen LogP contribution in [0.25, 0.3) is 0 Å². The standard InChI is InChI=1S/C23H34O2/c1-3-4-18-7-11-19(12-8-18)20-13-15-22(16-14-20)25-23(24)21-9-5-17(2)6-10-21/h13-19,21H,3-12H2,1-2H3. The minimum atomic E-state index is -0.0280. The van der Waals surface area contributed by atoms with E-state index in [9.17, 15) is 4.79 Å². The third-order valence-electron chi connectivity index (χ3n) is 6.46. The topological polar surface area (TPSA) is 26.3 Å². The number of hydrogen-bond donors (Lipinski definition) is 0. The molecule has 0 bridgehead atoms. The summed E-state index contributed by atoms with van der Waals surface area (Å²) in [5.41, 5.74) is 1.42. The predicted octanol–water partition coefficient (Wildman–Crippen LogP) is 6.49. The van der Waals surface area contributed by atoms with Gasteiger partial charge in [0.25, 0.3) is 0 Å².